The molecule has 0 spiro atoms. The van der Waals surface area contributed by atoms with Gasteiger partial charge in [0, 0.05) is 41.5 Å². The first kappa shape index (κ1) is 26.1. The number of hydrogen-bond acceptors (Lipinski definition) is 7. The highest BCUT2D eigenvalue weighted by Gasteiger charge is 2.36. The van der Waals surface area contributed by atoms with Crippen molar-refractivity contribution in [2.45, 2.75) is 51.4 Å². The maximum atomic E-state index is 14.3. The second-order valence-corrected chi connectivity index (χ2v) is 10.5. The van der Waals surface area contributed by atoms with Crippen LogP contribution in [0.1, 0.15) is 36.5 Å². The Morgan fingerprint density at radius 2 is 1.93 bits per heavy atom. The van der Waals surface area contributed by atoms with Crippen LogP contribution in [0.5, 0.6) is 0 Å². The van der Waals surface area contributed by atoms with Crippen LogP contribution >= 0.6 is 0 Å². The van der Waals surface area contributed by atoms with Gasteiger partial charge in [0.05, 0.1) is 29.2 Å². The van der Waals surface area contributed by atoms with Crippen LogP contribution in [0, 0.1) is 6.92 Å². The van der Waals surface area contributed by atoms with Gasteiger partial charge in [-0.05, 0) is 75.1 Å². The zero-order chi connectivity index (χ0) is 28.2. The molecule has 6 rings (SSSR count). The van der Waals surface area contributed by atoms with Gasteiger partial charge in [-0.15, -0.1) is 0 Å². The first-order chi connectivity index (χ1) is 19.1. The minimum absolute atomic E-state index is 0.0364. The summed E-state index contributed by atoms with van der Waals surface area (Å²) in [6.45, 7) is 4.63. The van der Waals surface area contributed by atoms with Gasteiger partial charge in [0.15, 0.2) is 12.2 Å². The normalized spacial score (nSPS) is 19.0. The molecule has 2 aliphatic rings. The molecule has 0 amide bonds. The van der Waals surface area contributed by atoms with Gasteiger partial charge in [0.25, 0.3) is 5.56 Å². The van der Waals surface area contributed by atoms with E-state index in [-0.39, 0.29) is 17.4 Å². The molecular weight excluding hydrogens is 523 g/mol. The molecule has 4 heterocycles. The Labute approximate surface area is 228 Å². The lowest BCUT2D eigenvalue weighted by atomic mass is 9.93. The van der Waals surface area contributed by atoms with Crippen LogP contribution in [0.25, 0.3) is 28.3 Å². The molecule has 0 aliphatic carbocycles. The van der Waals surface area contributed by atoms with Crippen LogP contribution in [0.2, 0.25) is 0 Å². The highest BCUT2D eigenvalue weighted by atomic mass is 19.4. The van der Waals surface area contributed by atoms with Gasteiger partial charge in [-0.3, -0.25) is 4.79 Å². The number of hydrogen-bond donors (Lipinski definition) is 2. The van der Waals surface area contributed by atoms with Crippen molar-refractivity contribution in [2.75, 3.05) is 23.3 Å². The number of rotatable bonds is 4. The number of fused-ring (bicyclic) bond motifs is 1. The van der Waals surface area contributed by atoms with E-state index in [1.54, 1.807) is 6.20 Å². The van der Waals surface area contributed by atoms with Crippen molar-refractivity contribution in [2.24, 2.45) is 0 Å². The lowest BCUT2D eigenvalue weighted by Gasteiger charge is -2.27. The Balaban J connectivity index is 1.60. The van der Waals surface area contributed by atoms with Crippen molar-refractivity contribution < 1.29 is 22.7 Å². The first-order valence-corrected chi connectivity index (χ1v) is 13.2. The Bertz CT molecular complexity index is 1630. The summed E-state index contributed by atoms with van der Waals surface area (Å²) in [5, 5.41) is 17.8. The summed E-state index contributed by atoms with van der Waals surface area (Å²) in [6.07, 6.45) is -0.569. The zero-order valence-corrected chi connectivity index (χ0v) is 22.0. The summed E-state index contributed by atoms with van der Waals surface area (Å²) in [5.74, 6) is 0.541. The smallest absolute Gasteiger partial charge is 0.418 e. The maximum absolute atomic E-state index is 14.3. The number of aromatic nitrogens is 3. The van der Waals surface area contributed by atoms with Crippen molar-refractivity contribution in [3.05, 3.63) is 76.0 Å². The van der Waals surface area contributed by atoms with Crippen LogP contribution in [-0.4, -0.2) is 45.1 Å². The Kier molecular flexibility index (Phi) is 6.41. The molecule has 2 N–H and O–H groups in total. The molecule has 2 aromatic heterocycles. The summed E-state index contributed by atoms with van der Waals surface area (Å²) >= 11 is 0. The molecule has 2 atom stereocenters. The second kappa shape index (κ2) is 9.81. The molecular formula is C29H28F3N5O3. The van der Waals surface area contributed by atoms with E-state index in [1.807, 2.05) is 36.9 Å². The Morgan fingerprint density at radius 3 is 2.62 bits per heavy atom. The Morgan fingerprint density at radius 1 is 1.12 bits per heavy atom. The number of aliphatic hydroxyl groups excluding tert-OH is 1. The number of halogens is 3. The molecule has 1 fully saturated rings. The zero-order valence-electron chi connectivity index (χ0n) is 22.0. The van der Waals surface area contributed by atoms with E-state index < -0.39 is 23.4 Å². The minimum atomic E-state index is -4.72. The quantitative estimate of drug-likeness (QED) is 0.360. The summed E-state index contributed by atoms with van der Waals surface area (Å²) in [6, 6.07) is 9.31. The second-order valence-electron chi connectivity index (χ2n) is 10.5. The number of nitrogens with one attached hydrogen (secondary N) is 1. The van der Waals surface area contributed by atoms with Crippen molar-refractivity contribution in [1.29, 1.82) is 0 Å². The molecule has 11 heteroatoms. The molecule has 208 valence electrons. The lowest BCUT2D eigenvalue weighted by molar-refractivity contribution is -0.137. The van der Waals surface area contributed by atoms with Crippen molar-refractivity contribution >= 4 is 11.4 Å². The molecule has 0 bridgehead atoms. The molecule has 8 nitrogen and oxygen atoms in total. The molecule has 2 aromatic carbocycles. The number of alkyl halides is 3. The van der Waals surface area contributed by atoms with E-state index in [9.17, 15) is 23.1 Å². The number of aliphatic hydroxyl groups is 1. The average Bonchev–Trinajstić information content (AvgIpc) is 3.60. The van der Waals surface area contributed by atoms with Gasteiger partial charge < -0.3 is 19.7 Å². The fourth-order valence-electron chi connectivity index (χ4n) is 5.55. The number of nitrogens with zero attached hydrogens (tertiary/aromatic N) is 4. The highest BCUT2D eigenvalue weighted by molar-refractivity contribution is 5.76. The molecule has 0 radical (unpaired) electrons. The van der Waals surface area contributed by atoms with Gasteiger partial charge in [0.1, 0.15) is 5.69 Å². The predicted molar refractivity (Wildman–Crippen MR) is 145 cm³/mol. The van der Waals surface area contributed by atoms with Crippen molar-refractivity contribution in [3.63, 3.8) is 0 Å². The monoisotopic (exact) mass is 551 g/mol. The van der Waals surface area contributed by atoms with Crippen LogP contribution < -0.4 is 15.8 Å². The average molecular weight is 552 g/mol. The third-order valence-electron chi connectivity index (χ3n) is 7.52. The number of aryl methyl sites for hydroxylation is 1. The summed E-state index contributed by atoms with van der Waals surface area (Å²) < 4.78 is 49.2. The minimum Gasteiger partial charge on any atom is -0.444 e. The van der Waals surface area contributed by atoms with E-state index in [4.69, 9.17) is 4.42 Å². The van der Waals surface area contributed by atoms with Crippen molar-refractivity contribution in [1.82, 2.24) is 14.8 Å². The first-order valence-electron chi connectivity index (χ1n) is 13.2. The van der Waals surface area contributed by atoms with E-state index in [2.05, 4.69) is 15.4 Å². The molecule has 40 heavy (non-hydrogen) atoms. The third kappa shape index (κ3) is 4.74. The van der Waals surface area contributed by atoms with Crippen LogP contribution in [0.3, 0.4) is 0 Å². The van der Waals surface area contributed by atoms with Gasteiger partial charge in [0.2, 0.25) is 0 Å². The number of anilines is 2. The van der Waals surface area contributed by atoms with E-state index in [0.29, 0.717) is 54.2 Å². The molecule has 0 saturated carbocycles. The predicted octanol–water partition coefficient (Wildman–Crippen LogP) is 5.20. The number of β-amino-alcohol motifs (C(OH)–C–C–N with tert-alkyl or cyclic N) is 1. The van der Waals surface area contributed by atoms with Gasteiger partial charge in [-0.2, -0.15) is 23.0 Å². The topological polar surface area (TPSA) is 96.4 Å². The van der Waals surface area contributed by atoms with Crippen molar-refractivity contribution in [3.8, 4) is 28.3 Å². The van der Waals surface area contributed by atoms with Crippen LogP contribution in [-0.2, 0) is 12.6 Å². The molecule has 4 aromatic rings. The van der Waals surface area contributed by atoms with Crippen LogP contribution in [0.15, 0.2) is 58.2 Å². The maximum Gasteiger partial charge on any atom is 0.418 e. The SMILES string of the molecule is Cc1cc(-c2cnco2)cc(-c2nn(-c3cc(N4CC[C@H](O)C4)ccc3C(F)(F)F)c(=O)c3c2CCC(C)N3)c1. The van der Waals surface area contributed by atoms with Gasteiger partial charge >= 0.3 is 6.18 Å². The summed E-state index contributed by atoms with van der Waals surface area (Å²) in [4.78, 5) is 19.6. The highest BCUT2D eigenvalue weighted by Crippen LogP contribution is 2.38. The van der Waals surface area contributed by atoms with Gasteiger partial charge in [-0.1, -0.05) is 0 Å². The lowest BCUT2D eigenvalue weighted by Crippen LogP contribution is -2.34. The third-order valence-corrected chi connectivity index (χ3v) is 7.52. The van der Waals surface area contributed by atoms with E-state index >= 15 is 0 Å². The standard InChI is InChI=1S/C29H28F3N5O3/c1-16-9-18(25-13-33-15-40-25)11-19(10-16)26-22-5-3-17(2)34-27(22)28(39)37(35-26)24-12-20(36-8-7-21(38)14-36)4-6-23(24)29(30,31)32/h4,6,9-13,15,17,21,34,38H,3,5,7-8,14H2,1-2H3/t17?,21-/m0/s1. The molecule has 1 unspecified atom stereocenters. The van der Waals surface area contributed by atoms with Crippen LogP contribution in [0.4, 0.5) is 24.5 Å². The number of benzene rings is 2. The fourth-order valence-corrected chi connectivity index (χ4v) is 5.55. The number of oxazole rings is 1. The Hall–Kier alpha value is -4.12. The fraction of sp³-hybridized carbons (Fsp3) is 0.345. The summed E-state index contributed by atoms with van der Waals surface area (Å²) in [7, 11) is 0. The van der Waals surface area contributed by atoms with E-state index in [0.717, 1.165) is 28.3 Å². The summed E-state index contributed by atoms with van der Waals surface area (Å²) in [5.41, 5.74) is 2.14. The largest absolute Gasteiger partial charge is 0.444 e. The molecule has 1 saturated heterocycles. The van der Waals surface area contributed by atoms with Gasteiger partial charge in [-0.25, -0.2) is 4.98 Å². The molecule has 2 aliphatic heterocycles. The van der Waals surface area contributed by atoms with E-state index in [1.165, 1.54) is 18.5 Å².